The Bertz CT molecular complexity index is 1070. The van der Waals surface area contributed by atoms with Crippen molar-refractivity contribution < 1.29 is 9.21 Å². The van der Waals surface area contributed by atoms with Crippen LogP contribution in [0, 0.1) is 0 Å². The maximum atomic E-state index is 12.5. The third-order valence-electron chi connectivity index (χ3n) is 4.27. The van der Waals surface area contributed by atoms with Gasteiger partial charge in [-0.15, -0.1) is 0 Å². The molecule has 1 N–H and O–H groups in total. The number of oxazole rings is 1. The number of imidazole rings is 1. The average Bonchev–Trinajstić information content (AvgIpc) is 3.28. The zero-order chi connectivity index (χ0) is 18.6. The van der Waals surface area contributed by atoms with Gasteiger partial charge in [0, 0.05) is 12.1 Å². The summed E-state index contributed by atoms with van der Waals surface area (Å²) >= 11 is 0. The molecule has 0 atom stereocenters. The lowest BCUT2D eigenvalue weighted by Crippen LogP contribution is -2.18. The summed E-state index contributed by atoms with van der Waals surface area (Å²) in [6, 6.07) is 17.5. The van der Waals surface area contributed by atoms with Crippen LogP contribution in [0.3, 0.4) is 0 Å². The molecule has 0 aliphatic rings. The molecule has 2 aromatic heterocycles. The van der Waals surface area contributed by atoms with Gasteiger partial charge >= 0.3 is 0 Å². The van der Waals surface area contributed by atoms with Gasteiger partial charge in [0.25, 0.3) is 0 Å². The number of hydrogen-bond acceptors (Lipinski definition) is 4. The molecule has 0 aliphatic heterocycles. The maximum absolute atomic E-state index is 12.5. The number of anilines is 1. The molecule has 27 heavy (non-hydrogen) atoms. The number of para-hydroxylation sites is 2. The fourth-order valence-corrected chi connectivity index (χ4v) is 3.06. The molecule has 0 radical (unpaired) electrons. The standard InChI is InChI=1S/C21H20N4O2/c1-2-12-25-18-11-7-6-10-17(18)23-21(25)24-19(26)13-16-14-27-20(22-16)15-8-4-3-5-9-15/h3-11,14H,2,12-13H2,1H3,(H,23,24,26). The molecule has 0 saturated heterocycles. The number of amides is 1. The number of carbonyl (C=O) groups excluding carboxylic acids is 1. The Balaban J connectivity index is 1.51. The van der Waals surface area contributed by atoms with Gasteiger partial charge in [-0.05, 0) is 30.7 Å². The van der Waals surface area contributed by atoms with Gasteiger partial charge in [-0.1, -0.05) is 37.3 Å². The fraction of sp³-hybridized carbons (Fsp3) is 0.190. The second kappa shape index (κ2) is 7.45. The van der Waals surface area contributed by atoms with Crippen molar-refractivity contribution in [2.24, 2.45) is 0 Å². The summed E-state index contributed by atoms with van der Waals surface area (Å²) in [5.41, 5.74) is 3.36. The SMILES string of the molecule is CCCn1c(NC(=O)Cc2coc(-c3ccccc3)n2)nc2ccccc21. The van der Waals surface area contributed by atoms with Crippen LogP contribution in [-0.2, 0) is 17.8 Å². The van der Waals surface area contributed by atoms with Gasteiger partial charge in [0.05, 0.1) is 23.1 Å². The molecule has 136 valence electrons. The zero-order valence-corrected chi connectivity index (χ0v) is 15.1. The van der Waals surface area contributed by atoms with Gasteiger partial charge in [0.2, 0.25) is 17.7 Å². The second-order valence-corrected chi connectivity index (χ2v) is 6.31. The van der Waals surface area contributed by atoms with Gasteiger partial charge in [0.1, 0.15) is 6.26 Å². The van der Waals surface area contributed by atoms with Crippen LogP contribution in [0.4, 0.5) is 5.95 Å². The van der Waals surface area contributed by atoms with Crippen LogP contribution in [0.15, 0.2) is 65.3 Å². The van der Waals surface area contributed by atoms with Crippen molar-refractivity contribution >= 4 is 22.9 Å². The van der Waals surface area contributed by atoms with Gasteiger partial charge in [0.15, 0.2) is 0 Å². The molecule has 6 heteroatoms. The number of carbonyl (C=O) groups is 1. The number of rotatable bonds is 6. The molecule has 0 spiro atoms. The highest BCUT2D eigenvalue weighted by atomic mass is 16.3. The Morgan fingerprint density at radius 2 is 1.85 bits per heavy atom. The molecule has 6 nitrogen and oxygen atoms in total. The number of benzene rings is 2. The molecule has 2 aromatic carbocycles. The summed E-state index contributed by atoms with van der Waals surface area (Å²) in [5.74, 6) is 0.905. The first-order valence-electron chi connectivity index (χ1n) is 8.99. The van der Waals surface area contributed by atoms with Crippen molar-refractivity contribution in [3.63, 3.8) is 0 Å². The van der Waals surface area contributed by atoms with E-state index in [1.54, 1.807) is 0 Å². The predicted octanol–water partition coefficient (Wildman–Crippen LogP) is 4.28. The largest absolute Gasteiger partial charge is 0.444 e. The Labute approximate surface area is 156 Å². The van der Waals surface area contributed by atoms with Crippen LogP contribution >= 0.6 is 0 Å². The van der Waals surface area contributed by atoms with E-state index in [4.69, 9.17) is 4.42 Å². The molecule has 0 fully saturated rings. The third kappa shape index (κ3) is 3.60. The zero-order valence-electron chi connectivity index (χ0n) is 15.1. The minimum Gasteiger partial charge on any atom is -0.444 e. The topological polar surface area (TPSA) is 73.0 Å². The van der Waals surface area contributed by atoms with E-state index in [2.05, 4.69) is 22.2 Å². The molecule has 0 saturated carbocycles. The van der Waals surface area contributed by atoms with Crippen molar-refractivity contribution in [1.29, 1.82) is 0 Å². The third-order valence-corrected chi connectivity index (χ3v) is 4.27. The van der Waals surface area contributed by atoms with Crippen LogP contribution < -0.4 is 5.32 Å². The summed E-state index contributed by atoms with van der Waals surface area (Å²) in [4.78, 5) is 21.5. The summed E-state index contributed by atoms with van der Waals surface area (Å²) in [7, 11) is 0. The van der Waals surface area contributed by atoms with E-state index in [1.165, 1.54) is 6.26 Å². The van der Waals surface area contributed by atoms with E-state index in [0.717, 1.165) is 29.6 Å². The lowest BCUT2D eigenvalue weighted by atomic mass is 10.2. The normalized spacial score (nSPS) is 11.0. The van der Waals surface area contributed by atoms with E-state index in [1.807, 2.05) is 59.2 Å². The number of aromatic nitrogens is 3. The van der Waals surface area contributed by atoms with Gasteiger partial charge in [-0.3, -0.25) is 10.1 Å². The summed E-state index contributed by atoms with van der Waals surface area (Å²) in [6.45, 7) is 2.89. The Morgan fingerprint density at radius 3 is 2.67 bits per heavy atom. The van der Waals surface area contributed by atoms with Crippen LogP contribution in [0.5, 0.6) is 0 Å². The number of hydrogen-bond donors (Lipinski definition) is 1. The average molecular weight is 360 g/mol. The van der Waals surface area contributed by atoms with Gasteiger partial charge in [-0.25, -0.2) is 9.97 Å². The van der Waals surface area contributed by atoms with Crippen molar-refractivity contribution in [2.75, 3.05) is 5.32 Å². The van der Waals surface area contributed by atoms with Crippen LogP contribution in [0.25, 0.3) is 22.5 Å². The second-order valence-electron chi connectivity index (χ2n) is 6.31. The molecule has 0 aliphatic carbocycles. The van der Waals surface area contributed by atoms with Crippen LogP contribution in [0.2, 0.25) is 0 Å². The minimum atomic E-state index is -0.171. The minimum absolute atomic E-state index is 0.131. The molecule has 4 aromatic rings. The molecule has 2 heterocycles. The highest BCUT2D eigenvalue weighted by Gasteiger charge is 2.15. The molecule has 4 rings (SSSR count). The fourth-order valence-electron chi connectivity index (χ4n) is 3.06. The Kier molecular flexibility index (Phi) is 4.70. The molecular weight excluding hydrogens is 340 g/mol. The van der Waals surface area contributed by atoms with E-state index in [-0.39, 0.29) is 12.3 Å². The first kappa shape index (κ1) is 17.0. The Morgan fingerprint density at radius 1 is 1.07 bits per heavy atom. The maximum Gasteiger partial charge on any atom is 0.232 e. The molecule has 0 unspecified atom stereocenters. The highest BCUT2D eigenvalue weighted by molar-refractivity contribution is 5.92. The summed E-state index contributed by atoms with van der Waals surface area (Å²) in [5, 5.41) is 2.91. The molecule has 1 amide bonds. The molecule has 0 bridgehead atoms. The van der Waals surface area contributed by atoms with Gasteiger partial charge < -0.3 is 8.98 Å². The first-order valence-corrected chi connectivity index (χ1v) is 8.99. The lowest BCUT2D eigenvalue weighted by Gasteiger charge is -2.08. The Hall–Kier alpha value is -3.41. The summed E-state index contributed by atoms with van der Waals surface area (Å²) in [6.07, 6.45) is 2.61. The monoisotopic (exact) mass is 360 g/mol. The van der Waals surface area contributed by atoms with Crippen molar-refractivity contribution in [2.45, 2.75) is 26.3 Å². The van der Waals surface area contributed by atoms with Crippen LogP contribution in [0.1, 0.15) is 19.0 Å². The number of nitrogens with one attached hydrogen (secondary N) is 1. The number of fused-ring (bicyclic) bond motifs is 1. The number of aryl methyl sites for hydroxylation is 1. The first-order chi connectivity index (χ1) is 13.2. The quantitative estimate of drug-likeness (QED) is 0.557. The van der Waals surface area contributed by atoms with Gasteiger partial charge in [-0.2, -0.15) is 0 Å². The van der Waals surface area contributed by atoms with E-state index in [0.29, 0.717) is 17.5 Å². The smallest absolute Gasteiger partial charge is 0.232 e. The number of nitrogens with zero attached hydrogens (tertiary/aromatic N) is 3. The van der Waals surface area contributed by atoms with Crippen LogP contribution in [-0.4, -0.2) is 20.4 Å². The van der Waals surface area contributed by atoms with E-state index in [9.17, 15) is 4.79 Å². The van der Waals surface area contributed by atoms with Crippen molar-refractivity contribution in [3.8, 4) is 11.5 Å². The van der Waals surface area contributed by atoms with E-state index >= 15 is 0 Å². The van der Waals surface area contributed by atoms with Crippen molar-refractivity contribution in [3.05, 3.63) is 66.6 Å². The molecular formula is C21H20N4O2. The van der Waals surface area contributed by atoms with E-state index < -0.39 is 0 Å². The summed E-state index contributed by atoms with van der Waals surface area (Å²) < 4.78 is 7.53. The van der Waals surface area contributed by atoms with Crippen molar-refractivity contribution in [1.82, 2.24) is 14.5 Å². The lowest BCUT2D eigenvalue weighted by molar-refractivity contribution is -0.115. The highest BCUT2D eigenvalue weighted by Crippen LogP contribution is 2.21. The predicted molar refractivity (Wildman–Crippen MR) is 104 cm³/mol.